The Labute approximate surface area is 127 Å². The van der Waals surface area contributed by atoms with Crippen molar-refractivity contribution < 1.29 is 24.2 Å². The minimum atomic E-state index is -0.650. The Bertz CT molecular complexity index is 705. The van der Waals surface area contributed by atoms with E-state index in [-0.39, 0.29) is 17.1 Å². The minimum absolute atomic E-state index is 0.00729. The van der Waals surface area contributed by atoms with Crippen molar-refractivity contribution in [1.82, 2.24) is 4.98 Å². The van der Waals surface area contributed by atoms with Crippen LogP contribution in [0.4, 0.5) is 0 Å². The molecule has 0 bridgehead atoms. The summed E-state index contributed by atoms with van der Waals surface area (Å²) in [5, 5.41) is 9.49. The van der Waals surface area contributed by atoms with Gasteiger partial charge in [-0.05, 0) is 47.9 Å². The molecule has 0 unspecified atom stereocenters. The molecule has 1 aromatic heterocycles. The van der Waals surface area contributed by atoms with Gasteiger partial charge >= 0.3 is 11.9 Å². The highest BCUT2D eigenvalue weighted by molar-refractivity contribution is 5.94. The van der Waals surface area contributed by atoms with Crippen molar-refractivity contribution in [3.05, 3.63) is 47.3 Å². The molecule has 0 amide bonds. The van der Waals surface area contributed by atoms with E-state index in [4.69, 9.17) is 0 Å². The van der Waals surface area contributed by atoms with Crippen molar-refractivity contribution in [1.29, 1.82) is 0 Å². The van der Waals surface area contributed by atoms with Gasteiger partial charge in [0.15, 0.2) is 0 Å². The smallest absolute Gasteiger partial charge is 0.356 e. The number of aromatic nitrogens is 1. The maximum atomic E-state index is 11.7. The van der Waals surface area contributed by atoms with Crippen LogP contribution in [0.2, 0.25) is 0 Å². The monoisotopic (exact) mass is 301 g/mol. The summed E-state index contributed by atoms with van der Waals surface area (Å²) in [4.78, 5) is 27.4. The lowest BCUT2D eigenvalue weighted by atomic mass is 9.99. The van der Waals surface area contributed by atoms with Crippen molar-refractivity contribution in [3.63, 3.8) is 0 Å². The summed E-state index contributed by atoms with van der Waals surface area (Å²) < 4.78 is 9.30. The topological polar surface area (TPSA) is 85.7 Å². The number of carbonyl (C=O) groups is 2. The van der Waals surface area contributed by atoms with E-state index >= 15 is 0 Å². The van der Waals surface area contributed by atoms with Crippen LogP contribution in [-0.2, 0) is 9.47 Å². The molecule has 0 spiro atoms. The van der Waals surface area contributed by atoms with Crippen LogP contribution in [0.15, 0.2) is 30.3 Å². The van der Waals surface area contributed by atoms with E-state index in [9.17, 15) is 14.7 Å². The number of phenols is 1. The van der Waals surface area contributed by atoms with Crippen LogP contribution in [0.5, 0.6) is 5.75 Å². The fraction of sp³-hybridized carbons (Fsp3) is 0.188. The molecule has 0 saturated heterocycles. The summed E-state index contributed by atoms with van der Waals surface area (Å²) in [6.45, 7) is 1.81. The van der Waals surface area contributed by atoms with Crippen molar-refractivity contribution in [3.8, 4) is 16.9 Å². The van der Waals surface area contributed by atoms with Crippen molar-refractivity contribution >= 4 is 11.9 Å². The molecule has 0 fully saturated rings. The molecule has 2 aromatic rings. The molecule has 0 aliphatic carbocycles. The first kappa shape index (κ1) is 15.5. The van der Waals surface area contributed by atoms with Gasteiger partial charge in [-0.2, -0.15) is 0 Å². The Hall–Kier alpha value is -2.89. The van der Waals surface area contributed by atoms with Crippen molar-refractivity contribution in [2.45, 2.75) is 6.92 Å². The predicted molar refractivity (Wildman–Crippen MR) is 78.8 cm³/mol. The number of hydrogen-bond donors (Lipinski definition) is 1. The van der Waals surface area contributed by atoms with E-state index in [0.29, 0.717) is 5.56 Å². The molecule has 0 saturated carbocycles. The minimum Gasteiger partial charge on any atom is -0.508 e. The molecule has 0 aliphatic rings. The average molecular weight is 301 g/mol. The fourth-order valence-corrected chi connectivity index (χ4v) is 2.08. The fourth-order valence-electron chi connectivity index (χ4n) is 2.08. The van der Waals surface area contributed by atoms with E-state index in [0.717, 1.165) is 11.1 Å². The van der Waals surface area contributed by atoms with Gasteiger partial charge in [-0.1, -0.05) is 6.07 Å². The van der Waals surface area contributed by atoms with Gasteiger partial charge in [0.2, 0.25) is 0 Å². The Morgan fingerprint density at radius 2 is 1.55 bits per heavy atom. The number of esters is 2. The van der Waals surface area contributed by atoms with Crippen LogP contribution in [0.1, 0.15) is 26.5 Å². The second-order valence-electron chi connectivity index (χ2n) is 4.61. The number of rotatable bonds is 3. The third-order valence-electron chi connectivity index (χ3n) is 3.14. The van der Waals surface area contributed by atoms with Crippen LogP contribution in [-0.4, -0.2) is 36.2 Å². The maximum absolute atomic E-state index is 11.7. The number of carbonyl (C=O) groups excluding carboxylic acids is 2. The largest absolute Gasteiger partial charge is 0.508 e. The summed E-state index contributed by atoms with van der Waals surface area (Å²) in [7, 11) is 2.47. The van der Waals surface area contributed by atoms with Gasteiger partial charge in [0.1, 0.15) is 17.1 Å². The molecule has 114 valence electrons. The third-order valence-corrected chi connectivity index (χ3v) is 3.14. The average Bonchev–Trinajstić information content (AvgIpc) is 2.52. The zero-order chi connectivity index (χ0) is 16.3. The lowest BCUT2D eigenvalue weighted by Crippen LogP contribution is -2.11. The van der Waals surface area contributed by atoms with Crippen LogP contribution in [0.25, 0.3) is 11.1 Å². The molecule has 1 heterocycles. The lowest BCUT2D eigenvalue weighted by molar-refractivity contribution is 0.0586. The molecular weight excluding hydrogens is 286 g/mol. The maximum Gasteiger partial charge on any atom is 0.356 e. The first-order valence-corrected chi connectivity index (χ1v) is 6.45. The summed E-state index contributed by atoms with van der Waals surface area (Å²) in [5.74, 6) is -1.16. The summed E-state index contributed by atoms with van der Waals surface area (Å²) in [5.41, 5.74) is 2.17. The van der Waals surface area contributed by atoms with Gasteiger partial charge in [-0.15, -0.1) is 0 Å². The lowest BCUT2D eigenvalue weighted by Gasteiger charge is -2.10. The van der Waals surface area contributed by atoms with Crippen LogP contribution >= 0.6 is 0 Å². The zero-order valence-corrected chi connectivity index (χ0v) is 12.4. The second-order valence-corrected chi connectivity index (χ2v) is 4.61. The van der Waals surface area contributed by atoms with E-state index in [1.165, 1.54) is 32.4 Å². The molecule has 1 aromatic carbocycles. The van der Waals surface area contributed by atoms with Crippen molar-refractivity contribution in [2.75, 3.05) is 14.2 Å². The van der Waals surface area contributed by atoms with Gasteiger partial charge in [0.05, 0.1) is 14.2 Å². The normalized spacial score (nSPS) is 10.1. The number of phenolic OH excluding ortho intramolecular Hbond substituents is 1. The first-order valence-electron chi connectivity index (χ1n) is 6.45. The molecule has 1 N–H and O–H groups in total. The number of aryl methyl sites for hydroxylation is 1. The number of aromatic hydroxyl groups is 1. The van der Waals surface area contributed by atoms with Gasteiger partial charge in [-0.3, -0.25) is 0 Å². The molecule has 6 heteroatoms. The summed E-state index contributed by atoms with van der Waals surface area (Å²) >= 11 is 0. The molecule has 2 rings (SSSR count). The quantitative estimate of drug-likeness (QED) is 0.876. The Balaban J connectivity index is 2.63. The van der Waals surface area contributed by atoms with Crippen molar-refractivity contribution in [2.24, 2.45) is 0 Å². The molecule has 6 nitrogen and oxygen atoms in total. The van der Waals surface area contributed by atoms with E-state index in [2.05, 4.69) is 14.5 Å². The van der Waals surface area contributed by atoms with Gasteiger partial charge in [0.25, 0.3) is 0 Å². The van der Waals surface area contributed by atoms with E-state index < -0.39 is 11.9 Å². The molecule has 22 heavy (non-hydrogen) atoms. The van der Waals surface area contributed by atoms with E-state index in [1.807, 2.05) is 6.92 Å². The Kier molecular flexibility index (Phi) is 4.41. The highest BCUT2D eigenvalue weighted by Crippen LogP contribution is 2.27. The number of hydrogen-bond acceptors (Lipinski definition) is 6. The summed E-state index contributed by atoms with van der Waals surface area (Å²) in [6, 6.07) is 7.86. The second kappa shape index (κ2) is 6.26. The number of nitrogens with zero attached hydrogens (tertiary/aromatic N) is 1. The van der Waals surface area contributed by atoms with Crippen LogP contribution in [0.3, 0.4) is 0 Å². The van der Waals surface area contributed by atoms with Gasteiger partial charge in [0, 0.05) is 0 Å². The number of methoxy groups -OCH3 is 2. The Morgan fingerprint density at radius 3 is 2.00 bits per heavy atom. The van der Waals surface area contributed by atoms with Gasteiger partial charge in [-0.25, -0.2) is 14.6 Å². The molecular formula is C16H15NO5. The summed E-state index contributed by atoms with van der Waals surface area (Å²) in [6.07, 6.45) is 0. The molecule has 0 aliphatic heterocycles. The van der Waals surface area contributed by atoms with E-state index in [1.54, 1.807) is 12.1 Å². The number of benzene rings is 1. The highest BCUT2D eigenvalue weighted by atomic mass is 16.5. The highest BCUT2D eigenvalue weighted by Gasteiger charge is 2.17. The number of pyridine rings is 1. The zero-order valence-electron chi connectivity index (χ0n) is 12.4. The standard InChI is InChI=1S/C16H15NO5/c1-9-6-11(18)4-5-12(9)10-7-13(15(19)21-2)17-14(8-10)16(20)22-3/h4-8,18H,1-3H3. The predicted octanol–water partition coefficient (Wildman–Crippen LogP) is 2.34. The first-order chi connectivity index (χ1) is 10.5. The third kappa shape index (κ3) is 3.06. The van der Waals surface area contributed by atoms with Crippen LogP contribution in [0, 0.1) is 6.92 Å². The van der Waals surface area contributed by atoms with Gasteiger partial charge < -0.3 is 14.6 Å². The SMILES string of the molecule is COC(=O)c1cc(-c2ccc(O)cc2C)cc(C(=O)OC)n1. The Morgan fingerprint density at radius 1 is 1.00 bits per heavy atom. The number of ether oxygens (including phenoxy) is 2. The van der Waals surface area contributed by atoms with Crippen LogP contribution < -0.4 is 0 Å². The molecule has 0 atom stereocenters. The molecule has 0 radical (unpaired) electrons.